The molecule has 0 spiro atoms. The Morgan fingerprint density at radius 2 is 2.00 bits per heavy atom. The predicted octanol–water partition coefficient (Wildman–Crippen LogP) is 4.23. The van der Waals surface area contributed by atoms with E-state index in [4.69, 9.17) is 21.2 Å². The normalized spacial score (nSPS) is 20.4. The number of rotatable bonds is 4. The van der Waals surface area contributed by atoms with E-state index in [1.54, 1.807) is 13.8 Å². The number of carbonyl (C=O) groups is 3. The molecule has 1 aromatic rings. The zero-order chi connectivity index (χ0) is 25.0. The lowest BCUT2D eigenvalue weighted by atomic mass is 9.94. The van der Waals surface area contributed by atoms with Gasteiger partial charge in [0.1, 0.15) is 17.6 Å². The van der Waals surface area contributed by atoms with Gasteiger partial charge in [0.05, 0.1) is 17.7 Å². The van der Waals surface area contributed by atoms with Crippen LogP contribution in [0.1, 0.15) is 67.9 Å². The van der Waals surface area contributed by atoms with Crippen LogP contribution in [0.15, 0.2) is 18.2 Å². The molecule has 2 atom stereocenters. The summed E-state index contributed by atoms with van der Waals surface area (Å²) in [5, 5.41) is 10.1. The summed E-state index contributed by atoms with van der Waals surface area (Å²) in [4.78, 5) is 42.0. The minimum absolute atomic E-state index is 0.0445. The van der Waals surface area contributed by atoms with Gasteiger partial charge in [-0.15, -0.1) is 0 Å². The number of hydrogen-bond donors (Lipinski definition) is 2. The van der Waals surface area contributed by atoms with E-state index in [9.17, 15) is 19.5 Å². The Bertz CT molecular complexity index is 854. The van der Waals surface area contributed by atoms with Gasteiger partial charge in [-0.1, -0.05) is 37.6 Å². The van der Waals surface area contributed by atoms with Crippen LogP contribution in [0, 0.1) is 6.92 Å². The highest BCUT2D eigenvalue weighted by molar-refractivity contribution is 6.33. The lowest BCUT2D eigenvalue weighted by Gasteiger charge is -2.20. The lowest BCUT2D eigenvalue weighted by Crippen LogP contribution is -2.34. The van der Waals surface area contributed by atoms with Gasteiger partial charge in [0.2, 0.25) is 0 Å². The van der Waals surface area contributed by atoms with Crippen molar-refractivity contribution in [2.75, 3.05) is 13.7 Å². The monoisotopic (exact) mass is 483 g/mol. The molecule has 0 bridgehead atoms. The number of phenolic OH excluding ortho intramolecular Hbond substituents is 1. The number of esters is 2. The van der Waals surface area contributed by atoms with E-state index < -0.39 is 11.9 Å². The van der Waals surface area contributed by atoms with E-state index in [-0.39, 0.29) is 59.3 Å². The van der Waals surface area contributed by atoms with Gasteiger partial charge in [-0.05, 0) is 43.9 Å². The molecule has 9 heteroatoms. The molecular weight excluding hydrogens is 450 g/mol. The summed E-state index contributed by atoms with van der Waals surface area (Å²) in [6.07, 6.45) is 5.17. The van der Waals surface area contributed by atoms with Crippen LogP contribution in [-0.2, 0) is 30.3 Å². The van der Waals surface area contributed by atoms with Gasteiger partial charge in [0.25, 0.3) is 0 Å². The number of phenols is 1. The van der Waals surface area contributed by atoms with Crippen molar-refractivity contribution in [2.24, 2.45) is 0 Å². The first-order valence-corrected chi connectivity index (χ1v) is 11.4. The third-order valence-corrected chi connectivity index (χ3v) is 5.31. The van der Waals surface area contributed by atoms with Crippen molar-refractivity contribution >= 4 is 29.3 Å². The second-order valence-electron chi connectivity index (χ2n) is 7.48. The molecule has 1 aliphatic rings. The number of nitrogens with one attached hydrogen (secondary N) is 1. The van der Waals surface area contributed by atoms with E-state index in [0.717, 1.165) is 0 Å². The lowest BCUT2D eigenvalue weighted by molar-refractivity contribution is -0.149. The molecule has 0 radical (unpaired) electrons. The summed E-state index contributed by atoms with van der Waals surface area (Å²) >= 11 is 6.26. The van der Waals surface area contributed by atoms with Gasteiger partial charge < -0.3 is 14.6 Å². The van der Waals surface area contributed by atoms with Crippen molar-refractivity contribution in [1.29, 1.82) is 0 Å². The zero-order valence-electron chi connectivity index (χ0n) is 19.9. The fraction of sp³-hybridized carbons (Fsp3) is 0.542. The molecule has 2 N–H and O–H groups in total. The Labute approximate surface area is 200 Å². The van der Waals surface area contributed by atoms with Gasteiger partial charge >= 0.3 is 11.9 Å². The fourth-order valence-electron chi connectivity index (χ4n) is 3.31. The van der Waals surface area contributed by atoms with Crippen molar-refractivity contribution < 1.29 is 33.8 Å². The second-order valence-corrected chi connectivity index (χ2v) is 7.86. The summed E-state index contributed by atoms with van der Waals surface area (Å²) in [6.45, 7) is 7.14. The minimum atomic E-state index is -0.587. The second kappa shape index (κ2) is 14.7. The van der Waals surface area contributed by atoms with Crippen LogP contribution in [0.4, 0.5) is 0 Å². The summed E-state index contributed by atoms with van der Waals surface area (Å²) in [7, 11) is 1.26. The Hall–Kier alpha value is -2.42. The van der Waals surface area contributed by atoms with E-state index in [2.05, 4.69) is 10.2 Å². The fourth-order valence-corrected chi connectivity index (χ4v) is 3.53. The molecule has 0 aromatic heterocycles. The molecule has 2 rings (SSSR count). The van der Waals surface area contributed by atoms with Crippen LogP contribution in [0.25, 0.3) is 0 Å². The molecule has 0 amide bonds. The average molecular weight is 484 g/mol. The van der Waals surface area contributed by atoms with Crippen LogP contribution < -0.4 is 5.48 Å². The molecule has 184 valence electrons. The molecule has 0 aliphatic carbocycles. The maximum absolute atomic E-state index is 12.8. The maximum atomic E-state index is 12.8. The standard InChI is InChI=1S/C22H28ClNO7.C2H6/c1-13-9-18(26)21(23)17-11-16(25)10-15(24-30-12-19(27)29-3)8-6-4-5-7-14(2)31-22(28)20(13)17;1-2/h4-5,9,14-15,24,26H,6-8,10-12H2,1-3H3;1-2H3/b5-4+;. The molecule has 0 saturated heterocycles. The van der Waals surface area contributed by atoms with Gasteiger partial charge in [-0.3, -0.25) is 9.63 Å². The topological polar surface area (TPSA) is 111 Å². The molecule has 0 saturated carbocycles. The molecule has 0 fully saturated rings. The molecule has 2 unspecified atom stereocenters. The zero-order valence-corrected chi connectivity index (χ0v) is 20.7. The number of ketones is 1. The van der Waals surface area contributed by atoms with Crippen LogP contribution in [0.5, 0.6) is 5.75 Å². The first kappa shape index (κ1) is 28.6. The molecule has 1 heterocycles. The van der Waals surface area contributed by atoms with Crippen LogP contribution in [-0.4, -0.2) is 48.7 Å². The largest absolute Gasteiger partial charge is 0.506 e. The Balaban J connectivity index is 0.00000265. The van der Waals surface area contributed by atoms with Gasteiger partial charge in [0.15, 0.2) is 6.61 Å². The van der Waals surface area contributed by atoms with E-state index in [1.807, 2.05) is 26.0 Å². The van der Waals surface area contributed by atoms with Gasteiger partial charge in [-0.2, -0.15) is 5.48 Å². The SMILES string of the molecule is CC.COC(=O)CONC1CC/C=C/CC(C)OC(=O)c2c(C)cc(O)c(Cl)c2CC(=O)C1. The Morgan fingerprint density at radius 1 is 1.30 bits per heavy atom. The summed E-state index contributed by atoms with van der Waals surface area (Å²) < 4.78 is 10.1. The summed E-state index contributed by atoms with van der Waals surface area (Å²) in [6, 6.07) is 1.01. The number of cyclic esters (lactones) is 1. The maximum Gasteiger partial charge on any atom is 0.339 e. The number of halogens is 1. The van der Waals surface area contributed by atoms with Crippen molar-refractivity contribution in [1.82, 2.24) is 5.48 Å². The minimum Gasteiger partial charge on any atom is -0.506 e. The Morgan fingerprint density at radius 3 is 2.67 bits per heavy atom. The van der Waals surface area contributed by atoms with Gasteiger partial charge in [0, 0.05) is 25.3 Å². The number of ether oxygens (including phenoxy) is 2. The molecular formula is C24H34ClNO7. The van der Waals surface area contributed by atoms with E-state index in [1.165, 1.54) is 13.2 Å². The van der Waals surface area contributed by atoms with Crippen molar-refractivity contribution in [2.45, 2.75) is 71.9 Å². The number of benzene rings is 1. The quantitative estimate of drug-likeness (QED) is 0.372. The number of Topliss-reactive ketones (excluding diaryl/α,β-unsaturated/α-hetero) is 1. The number of methoxy groups -OCH3 is 1. The van der Waals surface area contributed by atoms with Crippen LogP contribution in [0.2, 0.25) is 5.02 Å². The third-order valence-electron chi connectivity index (χ3n) is 4.88. The summed E-state index contributed by atoms with van der Waals surface area (Å²) in [5.41, 5.74) is 3.65. The van der Waals surface area contributed by atoms with Crippen molar-refractivity contribution in [3.63, 3.8) is 0 Å². The number of allylic oxidation sites excluding steroid dienone is 1. The highest BCUT2D eigenvalue weighted by atomic mass is 35.5. The van der Waals surface area contributed by atoms with E-state index in [0.29, 0.717) is 24.8 Å². The first-order valence-electron chi connectivity index (χ1n) is 11.1. The number of hydrogen-bond acceptors (Lipinski definition) is 8. The average Bonchev–Trinajstić information content (AvgIpc) is 2.77. The van der Waals surface area contributed by atoms with Crippen molar-refractivity contribution in [3.8, 4) is 5.75 Å². The Kier molecular flexibility index (Phi) is 12.7. The molecule has 33 heavy (non-hydrogen) atoms. The smallest absolute Gasteiger partial charge is 0.339 e. The van der Waals surface area contributed by atoms with Crippen LogP contribution >= 0.6 is 11.6 Å². The van der Waals surface area contributed by atoms with E-state index >= 15 is 0 Å². The summed E-state index contributed by atoms with van der Waals surface area (Å²) in [5.74, 6) is -1.55. The number of fused-ring (bicyclic) bond motifs is 1. The molecule has 1 aliphatic heterocycles. The predicted molar refractivity (Wildman–Crippen MR) is 125 cm³/mol. The molecule has 8 nitrogen and oxygen atoms in total. The first-order chi connectivity index (χ1) is 15.7. The van der Waals surface area contributed by atoms with Crippen molar-refractivity contribution in [3.05, 3.63) is 39.9 Å². The van der Waals surface area contributed by atoms with Gasteiger partial charge in [-0.25, -0.2) is 9.59 Å². The number of hydroxylamine groups is 1. The highest BCUT2D eigenvalue weighted by Crippen LogP contribution is 2.34. The molecule has 1 aromatic carbocycles. The number of carbonyl (C=O) groups excluding carboxylic acids is 3. The number of aromatic hydroxyl groups is 1. The third kappa shape index (κ3) is 9.15. The highest BCUT2D eigenvalue weighted by Gasteiger charge is 2.25. The van der Waals surface area contributed by atoms with Crippen LogP contribution in [0.3, 0.4) is 0 Å². The number of aryl methyl sites for hydroxylation is 1.